The Morgan fingerprint density at radius 1 is 1.35 bits per heavy atom. The third-order valence-corrected chi connectivity index (χ3v) is 4.65. The lowest BCUT2D eigenvalue weighted by Gasteiger charge is -2.46. The van der Waals surface area contributed by atoms with Gasteiger partial charge in [-0.2, -0.15) is 0 Å². The second kappa shape index (κ2) is 5.42. The van der Waals surface area contributed by atoms with Crippen LogP contribution in [0.15, 0.2) is 29.2 Å². The minimum absolute atomic E-state index is 0.157. The molecule has 1 aromatic rings. The van der Waals surface area contributed by atoms with Gasteiger partial charge in [0.25, 0.3) is 0 Å². The van der Waals surface area contributed by atoms with Crippen LogP contribution < -0.4 is 5.73 Å². The first-order chi connectivity index (χ1) is 8.23. The fourth-order valence-electron chi connectivity index (χ4n) is 2.33. The van der Waals surface area contributed by atoms with Crippen LogP contribution in [0.5, 0.6) is 0 Å². The molecule has 0 aromatic heterocycles. The highest BCUT2D eigenvalue weighted by Gasteiger charge is 2.44. The monoisotopic (exact) mass is 251 g/mol. The van der Waals surface area contributed by atoms with Gasteiger partial charge < -0.3 is 10.5 Å². The topological polar surface area (TPSA) is 35.2 Å². The smallest absolute Gasteiger partial charge is 0.0588 e. The third kappa shape index (κ3) is 2.37. The average molecular weight is 251 g/mol. The van der Waals surface area contributed by atoms with Crippen LogP contribution in [0.3, 0.4) is 0 Å². The molecule has 0 aliphatic carbocycles. The summed E-state index contributed by atoms with van der Waals surface area (Å²) in [5.41, 5.74) is 7.36. The predicted molar refractivity (Wildman–Crippen MR) is 73.6 cm³/mol. The molecule has 2 nitrogen and oxygen atoms in total. The maximum absolute atomic E-state index is 5.82. The molecule has 0 bridgehead atoms. The summed E-state index contributed by atoms with van der Waals surface area (Å²) in [6, 6.07) is 8.92. The second-order valence-electron chi connectivity index (χ2n) is 4.74. The molecule has 1 fully saturated rings. The summed E-state index contributed by atoms with van der Waals surface area (Å²) in [5, 5.41) is 0. The lowest BCUT2D eigenvalue weighted by atomic mass is 9.69. The summed E-state index contributed by atoms with van der Waals surface area (Å²) < 4.78 is 5.43. The highest BCUT2D eigenvalue weighted by atomic mass is 32.2. The lowest BCUT2D eigenvalue weighted by molar-refractivity contribution is -0.0854. The molecular weight excluding hydrogens is 230 g/mol. The lowest BCUT2D eigenvalue weighted by Crippen LogP contribution is -2.53. The number of thioether (sulfide) groups is 1. The summed E-state index contributed by atoms with van der Waals surface area (Å²) in [4.78, 5) is 1.34. The Balaban J connectivity index is 2.20. The summed E-state index contributed by atoms with van der Waals surface area (Å²) in [6.07, 6.45) is 0. The molecule has 1 unspecified atom stereocenters. The van der Waals surface area contributed by atoms with Crippen LogP contribution in [0.2, 0.25) is 0 Å². The molecule has 0 amide bonds. The van der Waals surface area contributed by atoms with Crippen LogP contribution in [-0.2, 0) is 10.2 Å². The zero-order valence-electron chi connectivity index (χ0n) is 10.6. The van der Waals surface area contributed by atoms with E-state index in [1.807, 2.05) is 11.8 Å². The van der Waals surface area contributed by atoms with Gasteiger partial charge in [-0.1, -0.05) is 26.0 Å². The zero-order chi connectivity index (χ0) is 12.3. The first-order valence-electron chi connectivity index (χ1n) is 6.24. The molecule has 1 aromatic carbocycles. The molecule has 1 saturated heterocycles. The van der Waals surface area contributed by atoms with Crippen LogP contribution in [0, 0.1) is 5.92 Å². The number of rotatable bonds is 5. The molecule has 1 aliphatic heterocycles. The van der Waals surface area contributed by atoms with Crippen LogP contribution in [0.4, 0.5) is 0 Å². The second-order valence-corrected chi connectivity index (χ2v) is 6.08. The molecule has 17 heavy (non-hydrogen) atoms. The molecule has 1 heterocycles. The van der Waals surface area contributed by atoms with E-state index in [1.54, 1.807) is 0 Å². The number of hydrogen-bond donors (Lipinski definition) is 1. The molecule has 2 rings (SSSR count). The van der Waals surface area contributed by atoms with Gasteiger partial charge in [0.1, 0.15) is 0 Å². The van der Waals surface area contributed by atoms with E-state index in [0.29, 0.717) is 5.92 Å². The molecule has 2 N–H and O–H groups in total. The van der Waals surface area contributed by atoms with Crippen LogP contribution in [-0.4, -0.2) is 25.5 Å². The minimum Gasteiger partial charge on any atom is -0.379 e. The molecule has 1 atom stereocenters. The summed E-state index contributed by atoms with van der Waals surface area (Å²) in [5.74, 6) is 1.59. The van der Waals surface area contributed by atoms with Gasteiger partial charge in [0.2, 0.25) is 0 Å². The van der Waals surface area contributed by atoms with Crippen molar-refractivity contribution in [3.63, 3.8) is 0 Å². The third-order valence-electron chi connectivity index (χ3n) is 3.76. The van der Waals surface area contributed by atoms with E-state index < -0.39 is 0 Å². The average Bonchev–Trinajstić information content (AvgIpc) is 2.30. The van der Waals surface area contributed by atoms with Crippen molar-refractivity contribution < 1.29 is 4.74 Å². The van der Waals surface area contributed by atoms with Crippen LogP contribution >= 0.6 is 11.8 Å². The van der Waals surface area contributed by atoms with E-state index in [-0.39, 0.29) is 5.41 Å². The van der Waals surface area contributed by atoms with Gasteiger partial charge >= 0.3 is 0 Å². The van der Waals surface area contributed by atoms with Crippen LogP contribution in [0.1, 0.15) is 19.4 Å². The fraction of sp³-hybridized carbons (Fsp3) is 0.571. The van der Waals surface area contributed by atoms with Crippen molar-refractivity contribution in [3.8, 4) is 0 Å². The van der Waals surface area contributed by atoms with Crippen molar-refractivity contribution in [2.24, 2.45) is 11.7 Å². The van der Waals surface area contributed by atoms with Crippen LogP contribution in [0.25, 0.3) is 0 Å². The van der Waals surface area contributed by atoms with E-state index in [1.165, 1.54) is 10.5 Å². The predicted octanol–water partition coefficient (Wildman–Crippen LogP) is 2.66. The molecular formula is C14H21NOS. The Hall–Kier alpha value is -0.510. The summed E-state index contributed by atoms with van der Waals surface area (Å²) in [6.45, 7) is 6.74. The van der Waals surface area contributed by atoms with E-state index >= 15 is 0 Å². The molecule has 0 saturated carbocycles. The Kier molecular flexibility index (Phi) is 4.13. The Morgan fingerprint density at radius 2 is 2.00 bits per heavy atom. The van der Waals surface area contributed by atoms with Gasteiger partial charge in [-0.3, -0.25) is 0 Å². The van der Waals surface area contributed by atoms with Gasteiger partial charge in [-0.25, -0.2) is 0 Å². The number of hydrogen-bond acceptors (Lipinski definition) is 3. The molecule has 0 spiro atoms. The van der Waals surface area contributed by atoms with Crippen molar-refractivity contribution in [1.82, 2.24) is 0 Å². The molecule has 0 radical (unpaired) electrons. The summed E-state index contributed by atoms with van der Waals surface area (Å²) >= 11 is 1.88. The van der Waals surface area contributed by atoms with E-state index in [2.05, 4.69) is 38.1 Å². The van der Waals surface area contributed by atoms with Gasteiger partial charge in [0.05, 0.1) is 13.2 Å². The van der Waals surface area contributed by atoms with E-state index in [4.69, 9.17) is 10.5 Å². The Morgan fingerprint density at radius 3 is 2.41 bits per heavy atom. The molecule has 1 aliphatic rings. The number of nitrogens with two attached hydrogens (primary N) is 1. The first-order valence-corrected chi connectivity index (χ1v) is 7.22. The molecule has 3 heteroatoms. The van der Waals surface area contributed by atoms with Gasteiger partial charge in [0, 0.05) is 10.3 Å². The number of benzene rings is 1. The zero-order valence-corrected chi connectivity index (χ0v) is 11.4. The maximum atomic E-state index is 5.82. The van der Waals surface area contributed by atoms with Crippen molar-refractivity contribution in [1.29, 1.82) is 0 Å². The van der Waals surface area contributed by atoms with Gasteiger partial charge in [-0.15, -0.1) is 11.8 Å². The standard InChI is InChI=1S/C14H21NOS/c1-3-17-13-6-4-12(5-7-13)14(9-16-10-14)11(2)8-15/h4-7,11H,3,8-10,15H2,1-2H3. The van der Waals surface area contributed by atoms with Gasteiger partial charge in [-0.05, 0) is 35.9 Å². The Labute approximate surface area is 108 Å². The highest BCUT2D eigenvalue weighted by molar-refractivity contribution is 7.99. The van der Waals surface area contributed by atoms with E-state index in [0.717, 1.165) is 25.5 Å². The first kappa shape index (κ1) is 12.9. The quantitative estimate of drug-likeness (QED) is 0.817. The van der Waals surface area contributed by atoms with Crippen molar-refractivity contribution >= 4 is 11.8 Å². The maximum Gasteiger partial charge on any atom is 0.0588 e. The van der Waals surface area contributed by atoms with Crippen molar-refractivity contribution in [3.05, 3.63) is 29.8 Å². The van der Waals surface area contributed by atoms with Crippen molar-refractivity contribution in [2.75, 3.05) is 25.5 Å². The van der Waals surface area contributed by atoms with Gasteiger partial charge in [0.15, 0.2) is 0 Å². The fourth-order valence-corrected chi connectivity index (χ4v) is 2.99. The normalized spacial score (nSPS) is 19.7. The SMILES string of the molecule is CCSc1ccc(C2(C(C)CN)COC2)cc1. The Bertz CT molecular complexity index is 359. The van der Waals surface area contributed by atoms with E-state index in [9.17, 15) is 0 Å². The minimum atomic E-state index is 0.157. The van der Waals surface area contributed by atoms with Crippen molar-refractivity contribution in [2.45, 2.75) is 24.2 Å². The number of ether oxygens (including phenoxy) is 1. The highest BCUT2D eigenvalue weighted by Crippen LogP contribution is 2.39. The largest absolute Gasteiger partial charge is 0.379 e. The summed E-state index contributed by atoms with van der Waals surface area (Å²) in [7, 11) is 0. The molecule has 94 valence electrons.